The van der Waals surface area contributed by atoms with Gasteiger partial charge >= 0.3 is 0 Å². The largest absolute Gasteiger partial charge is 0.394 e. The molecule has 0 spiro atoms. The van der Waals surface area contributed by atoms with Gasteiger partial charge in [0.25, 0.3) is 0 Å². The molecule has 108 valence electrons. The lowest BCUT2D eigenvalue weighted by atomic mass is 10.1. The zero-order valence-corrected chi connectivity index (χ0v) is 12.3. The number of rotatable bonds is 6. The van der Waals surface area contributed by atoms with E-state index >= 15 is 0 Å². The second kappa shape index (κ2) is 6.37. The van der Waals surface area contributed by atoms with Crippen LogP contribution in [-0.4, -0.2) is 26.5 Å². The minimum atomic E-state index is 0.112. The van der Waals surface area contributed by atoms with Crippen LogP contribution in [0.15, 0.2) is 18.6 Å². The molecule has 0 aromatic carbocycles. The molecule has 0 saturated heterocycles. The van der Waals surface area contributed by atoms with Crippen molar-refractivity contribution >= 4 is 17.0 Å². The molecule has 2 aromatic rings. The number of aliphatic hydroxyl groups is 1. The zero-order chi connectivity index (χ0) is 13.8. The van der Waals surface area contributed by atoms with Gasteiger partial charge in [-0.05, 0) is 12.8 Å². The lowest BCUT2D eigenvalue weighted by Crippen LogP contribution is -2.01. The summed E-state index contributed by atoms with van der Waals surface area (Å²) in [6.45, 7) is 1.43. The van der Waals surface area contributed by atoms with Crippen molar-refractivity contribution in [3.05, 3.63) is 28.5 Å². The van der Waals surface area contributed by atoms with Crippen molar-refractivity contribution in [2.24, 2.45) is 0 Å². The number of nitrogens with one attached hydrogen (secondary N) is 1. The van der Waals surface area contributed by atoms with E-state index in [1.807, 2.05) is 23.7 Å². The molecule has 1 aliphatic rings. The zero-order valence-electron chi connectivity index (χ0n) is 11.5. The molecule has 1 fully saturated rings. The molecule has 3 rings (SSSR count). The first-order chi connectivity index (χ1) is 9.85. The van der Waals surface area contributed by atoms with Crippen molar-refractivity contribution in [2.45, 2.75) is 44.7 Å². The summed E-state index contributed by atoms with van der Waals surface area (Å²) in [5, 5.41) is 17.7. The average Bonchev–Trinajstić information content (AvgIpc) is 3.18. The highest BCUT2D eigenvalue weighted by Crippen LogP contribution is 2.36. The Balaban J connectivity index is 1.54. The molecule has 0 bridgehead atoms. The Hall–Kier alpha value is -1.40. The van der Waals surface area contributed by atoms with Crippen molar-refractivity contribution in [1.82, 2.24) is 14.8 Å². The molecule has 0 aliphatic heterocycles. The fraction of sp³-hybridized carbons (Fsp3) is 0.571. The minimum Gasteiger partial charge on any atom is -0.394 e. The van der Waals surface area contributed by atoms with Gasteiger partial charge in [0, 0.05) is 23.2 Å². The summed E-state index contributed by atoms with van der Waals surface area (Å²) in [4.78, 5) is 5.84. The molecule has 1 aliphatic carbocycles. The van der Waals surface area contributed by atoms with Crippen LogP contribution in [0.1, 0.15) is 41.5 Å². The Morgan fingerprint density at radius 1 is 1.35 bits per heavy atom. The van der Waals surface area contributed by atoms with E-state index < -0.39 is 0 Å². The maximum Gasteiger partial charge on any atom is 0.0959 e. The van der Waals surface area contributed by atoms with Crippen LogP contribution in [0, 0.1) is 0 Å². The second-order valence-corrected chi connectivity index (χ2v) is 6.36. The summed E-state index contributed by atoms with van der Waals surface area (Å²) in [5.74, 6) is 0.695. The Morgan fingerprint density at radius 3 is 3.00 bits per heavy atom. The van der Waals surface area contributed by atoms with Crippen molar-refractivity contribution < 1.29 is 5.11 Å². The highest BCUT2D eigenvalue weighted by molar-refractivity contribution is 7.11. The van der Waals surface area contributed by atoms with E-state index in [2.05, 4.69) is 15.4 Å². The molecule has 2 N–H and O–H groups in total. The monoisotopic (exact) mass is 292 g/mol. The summed E-state index contributed by atoms with van der Waals surface area (Å²) < 4.78 is 1.74. The first-order valence-electron chi connectivity index (χ1n) is 7.17. The van der Waals surface area contributed by atoms with Crippen molar-refractivity contribution in [1.29, 1.82) is 0 Å². The van der Waals surface area contributed by atoms with Crippen LogP contribution >= 0.6 is 11.3 Å². The van der Waals surface area contributed by atoms with Crippen LogP contribution in [0.5, 0.6) is 0 Å². The van der Waals surface area contributed by atoms with Crippen molar-refractivity contribution in [3.8, 4) is 0 Å². The molecule has 1 saturated carbocycles. The number of aliphatic hydroxyl groups excluding tert-OH is 1. The molecular weight excluding hydrogens is 272 g/mol. The molecule has 2 aromatic heterocycles. The predicted molar refractivity (Wildman–Crippen MR) is 80.0 cm³/mol. The van der Waals surface area contributed by atoms with Gasteiger partial charge in [-0.1, -0.05) is 12.8 Å². The summed E-state index contributed by atoms with van der Waals surface area (Å²) >= 11 is 1.83. The van der Waals surface area contributed by atoms with Gasteiger partial charge in [0.05, 0.1) is 36.6 Å². The second-order valence-electron chi connectivity index (χ2n) is 5.22. The first kappa shape index (κ1) is 13.6. The van der Waals surface area contributed by atoms with Gasteiger partial charge in [-0.2, -0.15) is 5.10 Å². The number of thiazole rings is 1. The van der Waals surface area contributed by atoms with E-state index in [9.17, 15) is 0 Å². The third-order valence-corrected chi connectivity index (χ3v) is 4.86. The van der Waals surface area contributed by atoms with Crippen molar-refractivity contribution in [3.63, 3.8) is 0 Å². The van der Waals surface area contributed by atoms with Gasteiger partial charge in [-0.15, -0.1) is 11.3 Å². The Morgan fingerprint density at radius 2 is 2.20 bits per heavy atom. The van der Waals surface area contributed by atoms with Gasteiger partial charge in [0.15, 0.2) is 0 Å². The number of hydrogen-bond donors (Lipinski definition) is 2. The van der Waals surface area contributed by atoms with Crippen LogP contribution in [0.2, 0.25) is 0 Å². The van der Waals surface area contributed by atoms with Crippen molar-refractivity contribution in [2.75, 3.05) is 11.9 Å². The topological polar surface area (TPSA) is 63.0 Å². The number of aromatic nitrogens is 3. The maximum absolute atomic E-state index is 8.86. The molecule has 20 heavy (non-hydrogen) atoms. The maximum atomic E-state index is 8.86. The van der Waals surface area contributed by atoms with E-state index in [0.29, 0.717) is 12.5 Å². The molecule has 0 amide bonds. The van der Waals surface area contributed by atoms with Crippen LogP contribution < -0.4 is 5.32 Å². The average molecular weight is 292 g/mol. The van der Waals surface area contributed by atoms with Gasteiger partial charge in [0.1, 0.15) is 0 Å². The van der Waals surface area contributed by atoms with E-state index in [-0.39, 0.29) is 6.61 Å². The standard InChI is InChI=1S/C14H20N4OS/c19-6-5-18-10-12(7-17-18)15-8-13-9-16-14(20-13)11-3-1-2-4-11/h7,9-11,15,19H,1-6,8H2. The molecular formula is C14H20N4OS. The number of nitrogens with zero attached hydrogens (tertiary/aromatic N) is 3. The van der Waals surface area contributed by atoms with Gasteiger partial charge in [-0.25, -0.2) is 4.98 Å². The Kier molecular flexibility index (Phi) is 4.32. The summed E-state index contributed by atoms with van der Waals surface area (Å²) in [5.41, 5.74) is 0.981. The molecule has 5 nitrogen and oxygen atoms in total. The molecule has 2 heterocycles. The van der Waals surface area contributed by atoms with Crippen LogP contribution in [0.3, 0.4) is 0 Å². The first-order valence-corrected chi connectivity index (χ1v) is 7.98. The highest BCUT2D eigenvalue weighted by Gasteiger charge is 2.19. The van der Waals surface area contributed by atoms with E-state index in [1.165, 1.54) is 35.6 Å². The van der Waals surface area contributed by atoms with E-state index in [0.717, 1.165) is 12.2 Å². The number of hydrogen-bond acceptors (Lipinski definition) is 5. The van der Waals surface area contributed by atoms with Gasteiger partial charge in [0.2, 0.25) is 0 Å². The summed E-state index contributed by atoms with van der Waals surface area (Å²) in [6, 6.07) is 0. The fourth-order valence-corrected chi connectivity index (χ4v) is 3.66. The van der Waals surface area contributed by atoms with Gasteiger partial charge < -0.3 is 10.4 Å². The minimum absolute atomic E-state index is 0.112. The normalized spacial score (nSPS) is 15.8. The molecule has 0 atom stereocenters. The third kappa shape index (κ3) is 3.19. The van der Waals surface area contributed by atoms with E-state index in [1.54, 1.807) is 10.9 Å². The molecule has 6 heteroatoms. The smallest absolute Gasteiger partial charge is 0.0959 e. The molecule has 0 unspecified atom stereocenters. The van der Waals surface area contributed by atoms with Crippen LogP contribution in [0.4, 0.5) is 5.69 Å². The fourth-order valence-electron chi connectivity index (χ4n) is 2.63. The Labute approximate surface area is 122 Å². The van der Waals surface area contributed by atoms with Gasteiger partial charge in [-0.3, -0.25) is 4.68 Å². The quantitative estimate of drug-likeness (QED) is 0.859. The SMILES string of the molecule is OCCn1cc(NCc2cnc(C3CCCC3)s2)cn1. The lowest BCUT2D eigenvalue weighted by Gasteiger charge is -2.03. The third-order valence-electron chi connectivity index (χ3n) is 3.70. The predicted octanol–water partition coefficient (Wildman–Crippen LogP) is 2.60. The number of anilines is 1. The summed E-state index contributed by atoms with van der Waals surface area (Å²) in [7, 11) is 0. The molecule has 0 radical (unpaired) electrons. The van der Waals surface area contributed by atoms with Crippen LogP contribution in [0.25, 0.3) is 0 Å². The lowest BCUT2D eigenvalue weighted by molar-refractivity contribution is 0.269. The van der Waals surface area contributed by atoms with E-state index in [4.69, 9.17) is 5.11 Å². The van der Waals surface area contributed by atoms with Crippen LogP contribution in [-0.2, 0) is 13.1 Å². The summed E-state index contributed by atoms with van der Waals surface area (Å²) in [6.07, 6.45) is 11.0. The Bertz CT molecular complexity index is 545. The highest BCUT2D eigenvalue weighted by atomic mass is 32.1.